The number of H-pyrrole nitrogens is 1. The third-order valence-corrected chi connectivity index (χ3v) is 15.5. The highest BCUT2D eigenvalue weighted by atomic mass is 16.3. The van der Waals surface area contributed by atoms with Crippen molar-refractivity contribution in [2.45, 2.75) is 125 Å². The Morgan fingerprint density at radius 3 is 2.45 bits per heavy atom. The highest BCUT2D eigenvalue weighted by Crippen LogP contribution is 2.73. The summed E-state index contributed by atoms with van der Waals surface area (Å²) < 4.78 is 0. The molecule has 8 rings (SSSR count). The summed E-state index contributed by atoms with van der Waals surface area (Å²) in [5.41, 5.74) is 4.81. The number of nitrogens with zero attached hydrogens (tertiary/aromatic N) is 1. The van der Waals surface area contributed by atoms with Crippen molar-refractivity contribution < 1.29 is 14.7 Å². The number of ketones is 1. The molecule has 5 fully saturated rings. The quantitative estimate of drug-likeness (QED) is 0.183. The molecule has 0 saturated heterocycles. The molecule has 2 aromatic carbocycles. The van der Waals surface area contributed by atoms with E-state index in [0.29, 0.717) is 46.6 Å². The Bertz CT molecular complexity index is 1810. The summed E-state index contributed by atoms with van der Waals surface area (Å²) in [6, 6.07) is 13.9. The summed E-state index contributed by atoms with van der Waals surface area (Å²) in [6.45, 7) is 17.3. The van der Waals surface area contributed by atoms with Crippen molar-refractivity contribution >= 4 is 22.7 Å². The summed E-state index contributed by atoms with van der Waals surface area (Å²) in [4.78, 5) is 34.4. The van der Waals surface area contributed by atoms with Crippen LogP contribution < -0.4 is 5.32 Å². The van der Waals surface area contributed by atoms with Gasteiger partial charge in [-0.2, -0.15) is 0 Å². The van der Waals surface area contributed by atoms with Crippen LogP contribution in [0.5, 0.6) is 0 Å². The predicted octanol–water partition coefficient (Wildman–Crippen LogP) is 10.1. The zero-order chi connectivity index (χ0) is 36.3. The number of aliphatic hydroxyl groups is 1. The Labute approximate surface area is 305 Å². The van der Waals surface area contributed by atoms with Crippen molar-refractivity contribution in [3.8, 4) is 11.4 Å². The monoisotopic (exact) mass is 691 g/mol. The number of allylic oxidation sites excluding steroid dienone is 1. The number of rotatable bonds is 5. The smallest absolute Gasteiger partial charge is 0.226 e. The summed E-state index contributed by atoms with van der Waals surface area (Å²) in [7, 11) is 0. The number of carbonyl (C=O) groups is 2. The number of carbonyl (C=O) groups excluding carboxylic acids is 2. The fraction of sp³-hybridized carbons (Fsp3) is 0.622. The minimum Gasteiger partial charge on any atom is -0.393 e. The molecule has 1 heterocycles. The number of fused-ring (bicyclic) bond motifs is 8. The molecule has 5 saturated carbocycles. The van der Waals surface area contributed by atoms with Crippen LogP contribution in [0.4, 0.5) is 0 Å². The van der Waals surface area contributed by atoms with Crippen molar-refractivity contribution in [3.05, 3.63) is 66.2 Å². The van der Waals surface area contributed by atoms with E-state index in [9.17, 15) is 14.7 Å². The van der Waals surface area contributed by atoms with Gasteiger partial charge in [-0.1, -0.05) is 58.4 Å². The van der Waals surface area contributed by atoms with Gasteiger partial charge in [0.25, 0.3) is 0 Å². The minimum absolute atomic E-state index is 0.0115. The molecule has 1 aromatic heterocycles. The van der Waals surface area contributed by atoms with Gasteiger partial charge in [-0.25, -0.2) is 4.98 Å². The van der Waals surface area contributed by atoms with Gasteiger partial charge >= 0.3 is 0 Å². The molecule has 51 heavy (non-hydrogen) atoms. The average molecular weight is 692 g/mol. The van der Waals surface area contributed by atoms with Crippen LogP contribution in [-0.2, 0) is 11.3 Å². The van der Waals surface area contributed by atoms with E-state index in [1.807, 2.05) is 37.3 Å². The fourth-order valence-corrected chi connectivity index (χ4v) is 13.1. The first-order chi connectivity index (χ1) is 24.3. The fourth-order valence-electron chi connectivity index (χ4n) is 13.1. The molecule has 0 bridgehead atoms. The van der Waals surface area contributed by atoms with E-state index < -0.39 is 0 Å². The van der Waals surface area contributed by atoms with Crippen molar-refractivity contribution in [3.63, 3.8) is 0 Å². The lowest BCUT2D eigenvalue weighted by atomic mass is 9.36. The Kier molecular flexibility index (Phi) is 9.43. The van der Waals surface area contributed by atoms with Crippen LogP contribution in [-0.4, -0.2) is 32.9 Å². The Hall–Kier alpha value is -3.25. The number of hydrogen-bond donors (Lipinski definition) is 3. The van der Waals surface area contributed by atoms with E-state index in [1.165, 1.54) is 44.9 Å². The van der Waals surface area contributed by atoms with Gasteiger partial charge in [-0.05, 0) is 154 Å². The number of hydrogen-bond acceptors (Lipinski definition) is 4. The number of Topliss-reactive ketones (excluding diaryl/α,β-unsaturated/α-hetero) is 1. The summed E-state index contributed by atoms with van der Waals surface area (Å²) in [5.74, 6) is 4.24. The third-order valence-electron chi connectivity index (χ3n) is 15.5. The summed E-state index contributed by atoms with van der Waals surface area (Å²) >= 11 is 0. The Morgan fingerprint density at radius 2 is 1.69 bits per heavy atom. The molecule has 5 aliphatic carbocycles. The van der Waals surface area contributed by atoms with E-state index in [-0.39, 0.29) is 28.6 Å². The van der Waals surface area contributed by atoms with Crippen LogP contribution in [0.2, 0.25) is 0 Å². The second kappa shape index (κ2) is 13.3. The number of aromatic amines is 1. The highest BCUT2D eigenvalue weighted by Gasteiger charge is 2.67. The van der Waals surface area contributed by atoms with Crippen LogP contribution in [0.1, 0.15) is 128 Å². The minimum atomic E-state index is -0.229. The number of aromatic nitrogens is 2. The van der Waals surface area contributed by atoms with Crippen LogP contribution in [0.15, 0.2) is 55.1 Å². The van der Waals surface area contributed by atoms with Gasteiger partial charge in [0.1, 0.15) is 5.82 Å². The third kappa shape index (κ3) is 5.83. The van der Waals surface area contributed by atoms with Crippen LogP contribution in [0.3, 0.4) is 0 Å². The van der Waals surface area contributed by atoms with Gasteiger partial charge in [0, 0.05) is 17.7 Å². The Morgan fingerprint density at radius 1 is 0.922 bits per heavy atom. The van der Waals surface area contributed by atoms with Gasteiger partial charge in [0.05, 0.1) is 22.6 Å². The number of aliphatic hydroxyl groups excluding tert-OH is 1. The molecule has 0 radical (unpaired) electrons. The normalized spacial score (nSPS) is 36.4. The molecule has 274 valence electrons. The lowest BCUT2D eigenvalue weighted by Crippen LogP contribution is -2.63. The molecular formula is C45H61N3O3. The topological polar surface area (TPSA) is 95.1 Å². The summed E-state index contributed by atoms with van der Waals surface area (Å²) in [5, 5.41) is 14.4. The van der Waals surface area contributed by atoms with E-state index in [2.05, 4.69) is 56.7 Å². The lowest BCUT2D eigenvalue weighted by Gasteiger charge is -2.69. The molecule has 6 heteroatoms. The molecule has 9 unspecified atom stereocenters. The van der Waals surface area contributed by atoms with Gasteiger partial charge in [0.2, 0.25) is 5.91 Å². The second-order valence-electron chi connectivity index (χ2n) is 18.2. The SMILES string of the molecule is C=CC.CC(=O)c1ccc2nc(-c3cccc(CNC(=O)C45CCCC4C4CCC6C(C)(CCC7C(C)(C)C(O)CCC76C)C4CC5)c3)[nH]c2c1. The van der Waals surface area contributed by atoms with Crippen LogP contribution in [0.25, 0.3) is 22.4 Å². The maximum absolute atomic E-state index is 14.3. The maximum Gasteiger partial charge on any atom is 0.226 e. The molecule has 1 amide bonds. The number of benzene rings is 2. The molecule has 9 atom stereocenters. The van der Waals surface area contributed by atoms with Crippen LogP contribution in [0, 0.1) is 51.2 Å². The zero-order valence-electron chi connectivity index (χ0n) is 32.0. The van der Waals surface area contributed by atoms with Crippen molar-refractivity contribution in [2.24, 2.45) is 51.2 Å². The summed E-state index contributed by atoms with van der Waals surface area (Å²) in [6.07, 6.45) is 14.3. The van der Waals surface area contributed by atoms with E-state index in [0.717, 1.165) is 59.6 Å². The second-order valence-corrected chi connectivity index (χ2v) is 18.2. The zero-order valence-corrected chi connectivity index (χ0v) is 32.0. The standard InChI is InChI=1S/C42H55N3O3.C3H6/c1-25(46)27-11-13-32-33(23-27)45-37(44-32)28-9-6-8-26(22-28)24-43-38(48)42-18-7-10-31(42)29-12-14-35-40(4,30(29)15-21-42)19-16-34-39(2,3)36(47)17-20-41(34,35)5;1-3-2/h6,8-9,11,13,22-23,29-31,34-36,47H,7,10,12,14-21,24H2,1-5H3,(H,43,48)(H,44,45);3H,1H2,2H3. The highest BCUT2D eigenvalue weighted by molar-refractivity contribution is 5.97. The van der Waals surface area contributed by atoms with Crippen LogP contribution >= 0.6 is 0 Å². The first kappa shape index (κ1) is 36.1. The molecule has 6 nitrogen and oxygen atoms in total. The van der Waals surface area contributed by atoms with Gasteiger partial charge in [0.15, 0.2) is 5.78 Å². The van der Waals surface area contributed by atoms with Gasteiger partial charge < -0.3 is 15.4 Å². The van der Waals surface area contributed by atoms with Gasteiger partial charge in [-0.15, -0.1) is 6.58 Å². The van der Waals surface area contributed by atoms with E-state index >= 15 is 0 Å². The predicted molar refractivity (Wildman–Crippen MR) is 206 cm³/mol. The van der Waals surface area contributed by atoms with Crippen molar-refractivity contribution in [2.75, 3.05) is 0 Å². The molecular weight excluding hydrogens is 631 g/mol. The molecule has 0 spiro atoms. The first-order valence-electron chi connectivity index (χ1n) is 19.9. The van der Waals surface area contributed by atoms with E-state index in [1.54, 1.807) is 13.0 Å². The molecule has 3 aromatic rings. The van der Waals surface area contributed by atoms with E-state index in [4.69, 9.17) is 4.98 Å². The number of imidazole rings is 1. The molecule has 0 aliphatic heterocycles. The number of amides is 1. The maximum atomic E-state index is 14.3. The van der Waals surface area contributed by atoms with Crippen molar-refractivity contribution in [1.29, 1.82) is 0 Å². The van der Waals surface area contributed by atoms with Crippen molar-refractivity contribution in [1.82, 2.24) is 15.3 Å². The average Bonchev–Trinajstić information content (AvgIpc) is 3.75. The Balaban J connectivity index is 0.00000131. The number of nitrogens with one attached hydrogen (secondary N) is 2. The lowest BCUT2D eigenvalue weighted by molar-refractivity contribution is -0.214. The molecule has 5 aliphatic rings. The molecule has 3 N–H and O–H groups in total. The largest absolute Gasteiger partial charge is 0.393 e. The van der Waals surface area contributed by atoms with Gasteiger partial charge in [-0.3, -0.25) is 9.59 Å². The first-order valence-corrected chi connectivity index (χ1v) is 19.9.